The van der Waals surface area contributed by atoms with Crippen LogP contribution in [-0.4, -0.2) is 15.3 Å². The molecule has 0 bridgehead atoms. The molecule has 6 heteroatoms. The highest BCUT2D eigenvalue weighted by molar-refractivity contribution is 8.00. The quantitative estimate of drug-likeness (QED) is 0.716. The number of hydrogen-bond donors (Lipinski definition) is 0. The standard InChI is InChI=1S/C8H10F3N2S/c1-5(2)13-7(6(3)4-12-13)14-8(9,10)11/h5H,1-3H3. The Hall–Kier alpha value is -0.650. The summed E-state index contributed by atoms with van der Waals surface area (Å²) in [5.41, 5.74) is -3.84. The monoisotopic (exact) mass is 223 g/mol. The maximum Gasteiger partial charge on any atom is 0.447 e. The Balaban J connectivity index is 3.00. The van der Waals surface area contributed by atoms with Gasteiger partial charge < -0.3 is 0 Å². The number of nitrogens with zero attached hydrogens (tertiary/aromatic N) is 2. The van der Waals surface area contributed by atoms with E-state index in [9.17, 15) is 13.2 Å². The van der Waals surface area contributed by atoms with Crippen LogP contribution in [0.1, 0.15) is 25.5 Å². The van der Waals surface area contributed by atoms with Gasteiger partial charge in [0.25, 0.3) is 0 Å². The number of aromatic nitrogens is 2. The van der Waals surface area contributed by atoms with Crippen molar-refractivity contribution in [2.45, 2.75) is 37.3 Å². The zero-order valence-electron chi connectivity index (χ0n) is 8.01. The number of aryl methyl sites for hydroxylation is 1. The number of rotatable bonds is 2. The number of thioether (sulfide) groups is 1. The Morgan fingerprint density at radius 3 is 2.43 bits per heavy atom. The van der Waals surface area contributed by atoms with Crippen LogP contribution in [0.3, 0.4) is 0 Å². The molecule has 0 spiro atoms. The van der Waals surface area contributed by atoms with E-state index in [2.05, 4.69) is 11.3 Å². The smallest absolute Gasteiger partial charge is 0.255 e. The number of alkyl halides is 3. The van der Waals surface area contributed by atoms with Gasteiger partial charge in [-0.25, -0.2) is 0 Å². The van der Waals surface area contributed by atoms with Gasteiger partial charge in [0.05, 0.1) is 0 Å². The first-order valence-electron chi connectivity index (χ1n) is 4.04. The van der Waals surface area contributed by atoms with Gasteiger partial charge in [0.1, 0.15) is 11.2 Å². The summed E-state index contributed by atoms with van der Waals surface area (Å²) in [6, 6.07) is -0.0928. The van der Waals surface area contributed by atoms with Crippen LogP contribution in [0.2, 0.25) is 0 Å². The summed E-state index contributed by atoms with van der Waals surface area (Å²) in [5, 5.41) is 3.89. The van der Waals surface area contributed by atoms with Crippen LogP contribution in [0, 0.1) is 13.1 Å². The van der Waals surface area contributed by atoms with E-state index in [-0.39, 0.29) is 22.8 Å². The van der Waals surface area contributed by atoms with E-state index in [1.165, 1.54) is 4.68 Å². The predicted octanol–water partition coefficient (Wildman–Crippen LogP) is 3.18. The lowest BCUT2D eigenvalue weighted by Gasteiger charge is -2.12. The average Bonchev–Trinajstić information content (AvgIpc) is 2.29. The summed E-state index contributed by atoms with van der Waals surface area (Å²) < 4.78 is 37.8. The van der Waals surface area contributed by atoms with Gasteiger partial charge in [0.15, 0.2) is 0 Å². The molecule has 0 unspecified atom stereocenters. The minimum Gasteiger partial charge on any atom is -0.255 e. The highest BCUT2D eigenvalue weighted by Crippen LogP contribution is 2.38. The van der Waals surface area contributed by atoms with E-state index < -0.39 is 5.51 Å². The highest BCUT2D eigenvalue weighted by Gasteiger charge is 2.32. The first-order valence-corrected chi connectivity index (χ1v) is 4.85. The molecule has 0 N–H and O–H groups in total. The van der Waals surface area contributed by atoms with Gasteiger partial charge in [-0.15, -0.1) is 0 Å². The lowest BCUT2D eigenvalue weighted by Crippen LogP contribution is -2.08. The normalized spacial score (nSPS) is 12.5. The van der Waals surface area contributed by atoms with Crippen molar-refractivity contribution in [2.75, 3.05) is 0 Å². The molecule has 14 heavy (non-hydrogen) atoms. The summed E-state index contributed by atoms with van der Waals surface area (Å²) in [6.45, 7) is 5.13. The van der Waals surface area contributed by atoms with E-state index in [0.717, 1.165) is 0 Å². The molecule has 79 valence electrons. The Labute approximate surface area is 84.5 Å². The molecule has 2 nitrogen and oxygen atoms in total. The SMILES string of the molecule is Cc1[c]nn(C(C)C)c1SC(F)(F)F. The van der Waals surface area contributed by atoms with Crippen LogP contribution in [-0.2, 0) is 0 Å². The second-order valence-corrected chi connectivity index (χ2v) is 4.18. The van der Waals surface area contributed by atoms with Gasteiger partial charge in [0, 0.05) is 23.4 Å². The first-order chi connectivity index (χ1) is 6.31. The Kier molecular flexibility index (Phi) is 3.14. The molecular weight excluding hydrogens is 213 g/mol. The zero-order valence-corrected chi connectivity index (χ0v) is 8.83. The average molecular weight is 223 g/mol. The number of hydrogen-bond acceptors (Lipinski definition) is 2. The summed E-state index contributed by atoms with van der Waals surface area (Å²) in [6.07, 6.45) is 2.53. The van der Waals surface area contributed by atoms with Crippen LogP contribution < -0.4 is 0 Å². The summed E-state index contributed by atoms with van der Waals surface area (Å²) in [4.78, 5) is 0. The molecule has 0 aliphatic rings. The largest absolute Gasteiger partial charge is 0.447 e. The van der Waals surface area contributed by atoms with Crippen LogP contribution in [0.4, 0.5) is 13.2 Å². The fourth-order valence-electron chi connectivity index (χ4n) is 0.977. The van der Waals surface area contributed by atoms with Crippen molar-refractivity contribution in [3.05, 3.63) is 11.8 Å². The van der Waals surface area contributed by atoms with Crippen LogP contribution in [0.15, 0.2) is 5.03 Å². The van der Waals surface area contributed by atoms with Gasteiger partial charge in [0.2, 0.25) is 0 Å². The second kappa shape index (κ2) is 3.84. The van der Waals surface area contributed by atoms with E-state index in [1.54, 1.807) is 20.8 Å². The van der Waals surface area contributed by atoms with Gasteiger partial charge in [-0.1, -0.05) is 0 Å². The van der Waals surface area contributed by atoms with Gasteiger partial charge >= 0.3 is 5.51 Å². The summed E-state index contributed by atoms with van der Waals surface area (Å²) >= 11 is -0.142. The zero-order chi connectivity index (χ0) is 10.9. The van der Waals surface area contributed by atoms with Gasteiger partial charge in [-0.3, -0.25) is 4.68 Å². The van der Waals surface area contributed by atoms with Crippen LogP contribution in [0.25, 0.3) is 0 Å². The molecule has 0 fully saturated rings. The topological polar surface area (TPSA) is 17.8 Å². The van der Waals surface area contributed by atoms with Crippen LogP contribution in [0.5, 0.6) is 0 Å². The molecule has 0 amide bonds. The Bertz CT molecular complexity index is 317. The molecule has 0 aliphatic heterocycles. The molecule has 0 atom stereocenters. The van der Waals surface area contributed by atoms with Gasteiger partial charge in [-0.05, 0) is 20.8 Å². The molecule has 1 rings (SSSR count). The second-order valence-electron chi connectivity index (χ2n) is 3.13. The molecule has 1 aromatic heterocycles. The molecule has 0 saturated carbocycles. The summed E-state index contributed by atoms with van der Waals surface area (Å²) in [7, 11) is 0. The highest BCUT2D eigenvalue weighted by atomic mass is 32.2. The number of halogens is 3. The molecular formula is C8H10F3N2S. The van der Waals surface area contributed by atoms with Crippen molar-refractivity contribution in [2.24, 2.45) is 0 Å². The van der Waals surface area contributed by atoms with Crippen molar-refractivity contribution < 1.29 is 13.2 Å². The maximum absolute atomic E-state index is 12.2. The predicted molar refractivity (Wildman–Crippen MR) is 48.1 cm³/mol. The van der Waals surface area contributed by atoms with Crippen molar-refractivity contribution in [1.29, 1.82) is 0 Å². The Morgan fingerprint density at radius 1 is 1.43 bits per heavy atom. The fourth-order valence-corrected chi connectivity index (χ4v) is 1.74. The third kappa shape index (κ3) is 2.67. The first kappa shape index (κ1) is 11.4. The van der Waals surface area contributed by atoms with Crippen molar-refractivity contribution in [3.8, 4) is 0 Å². The van der Waals surface area contributed by atoms with E-state index in [1.807, 2.05) is 0 Å². The molecule has 0 aromatic carbocycles. The van der Waals surface area contributed by atoms with E-state index >= 15 is 0 Å². The fraction of sp³-hybridized carbons (Fsp3) is 0.625. The van der Waals surface area contributed by atoms with E-state index in [4.69, 9.17) is 0 Å². The van der Waals surface area contributed by atoms with Crippen LogP contribution >= 0.6 is 11.8 Å². The van der Waals surface area contributed by atoms with Crippen molar-refractivity contribution in [3.63, 3.8) is 0 Å². The third-order valence-corrected chi connectivity index (χ3v) is 2.47. The lowest BCUT2D eigenvalue weighted by molar-refractivity contribution is -0.0331. The Morgan fingerprint density at radius 2 is 2.00 bits per heavy atom. The summed E-state index contributed by atoms with van der Waals surface area (Å²) in [5.74, 6) is 0. The third-order valence-electron chi connectivity index (χ3n) is 1.56. The lowest BCUT2D eigenvalue weighted by atomic mass is 10.4. The van der Waals surface area contributed by atoms with Crippen molar-refractivity contribution in [1.82, 2.24) is 9.78 Å². The molecule has 0 aliphatic carbocycles. The van der Waals surface area contributed by atoms with E-state index in [0.29, 0.717) is 5.56 Å². The molecule has 1 aromatic rings. The molecule has 1 heterocycles. The minimum atomic E-state index is -4.27. The molecule has 1 radical (unpaired) electrons. The maximum atomic E-state index is 12.2. The molecule has 0 saturated heterocycles. The van der Waals surface area contributed by atoms with Crippen molar-refractivity contribution >= 4 is 11.8 Å². The van der Waals surface area contributed by atoms with Gasteiger partial charge in [-0.2, -0.15) is 18.3 Å². The minimum absolute atomic E-state index is 0.0928.